The molecule has 0 spiro atoms. The van der Waals surface area contributed by atoms with Gasteiger partial charge in [0.05, 0.1) is 5.75 Å². The zero-order chi connectivity index (χ0) is 9.12. The van der Waals surface area contributed by atoms with E-state index in [1.54, 1.807) is 6.92 Å². The van der Waals surface area contributed by atoms with Gasteiger partial charge in [-0.3, -0.25) is 0 Å². The summed E-state index contributed by atoms with van der Waals surface area (Å²) in [5.41, 5.74) is 0.0161. The number of hydrogen-bond acceptors (Lipinski definition) is 2. The molecule has 0 aromatic heterocycles. The Morgan fingerprint density at radius 3 is 2.00 bits per heavy atom. The first kappa shape index (κ1) is 10.9. The van der Waals surface area contributed by atoms with Gasteiger partial charge in [-0.25, -0.2) is 13.1 Å². The van der Waals surface area contributed by atoms with E-state index in [4.69, 9.17) is 0 Å². The highest BCUT2D eigenvalue weighted by atomic mass is 32.2. The van der Waals surface area contributed by atoms with Gasteiger partial charge < -0.3 is 0 Å². The summed E-state index contributed by atoms with van der Waals surface area (Å²) in [4.78, 5) is 0. The normalized spacial score (nSPS) is 13.5. The summed E-state index contributed by atoms with van der Waals surface area (Å²) in [5.74, 6) is 0.156. The van der Waals surface area contributed by atoms with Crippen molar-refractivity contribution in [2.75, 3.05) is 12.3 Å². The van der Waals surface area contributed by atoms with Gasteiger partial charge in [-0.15, -0.1) is 0 Å². The van der Waals surface area contributed by atoms with Crippen LogP contribution in [0.1, 0.15) is 27.7 Å². The maximum Gasteiger partial charge on any atom is 0.211 e. The predicted molar refractivity (Wildman–Crippen MR) is 46.9 cm³/mol. The molecule has 11 heavy (non-hydrogen) atoms. The minimum atomic E-state index is -3.00. The number of rotatable bonds is 3. The molecule has 0 radical (unpaired) electrons. The summed E-state index contributed by atoms with van der Waals surface area (Å²) in [7, 11) is -3.00. The van der Waals surface area contributed by atoms with Gasteiger partial charge in [0.2, 0.25) is 10.0 Å². The van der Waals surface area contributed by atoms with Crippen LogP contribution in [0.5, 0.6) is 0 Å². The van der Waals surface area contributed by atoms with E-state index < -0.39 is 10.0 Å². The summed E-state index contributed by atoms with van der Waals surface area (Å²) in [6.07, 6.45) is 0. The highest BCUT2D eigenvalue weighted by Crippen LogP contribution is 2.10. The van der Waals surface area contributed by atoms with Gasteiger partial charge in [0, 0.05) is 6.54 Å². The lowest BCUT2D eigenvalue weighted by Crippen LogP contribution is -2.33. The van der Waals surface area contributed by atoms with E-state index in [0.717, 1.165) is 0 Å². The Balaban J connectivity index is 3.91. The lowest BCUT2D eigenvalue weighted by Gasteiger charge is -2.18. The van der Waals surface area contributed by atoms with E-state index in [2.05, 4.69) is 4.72 Å². The Bertz CT molecular complexity index is 201. The molecule has 0 saturated heterocycles. The van der Waals surface area contributed by atoms with Gasteiger partial charge in [0.25, 0.3) is 0 Å². The lowest BCUT2D eigenvalue weighted by molar-refractivity contribution is 0.408. The van der Waals surface area contributed by atoms with Crippen molar-refractivity contribution in [2.24, 2.45) is 5.41 Å². The first-order valence-electron chi connectivity index (χ1n) is 3.74. The molecule has 0 bridgehead atoms. The van der Waals surface area contributed by atoms with Crippen LogP contribution in [0.3, 0.4) is 0 Å². The van der Waals surface area contributed by atoms with Gasteiger partial charge in [-0.2, -0.15) is 0 Å². The summed E-state index contributed by atoms with van der Waals surface area (Å²) >= 11 is 0. The average molecular weight is 179 g/mol. The van der Waals surface area contributed by atoms with Crippen LogP contribution in [-0.2, 0) is 10.0 Å². The molecule has 0 atom stereocenters. The van der Waals surface area contributed by atoms with Crippen molar-refractivity contribution in [1.82, 2.24) is 4.72 Å². The highest BCUT2D eigenvalue weighted by Gasteiger charge is 2.14. The third-order valence-electron chi connectivity index (χ3n) is 1.20. The standard InChI is InChI=1S/C7H17NO2S/c1-5-11(9,10)8-6-7(2,3)4/h8H,5-6H2,1-4H3. The third-order valence-corrected chi connectivity index (χ3v) is 2.55. The van der Waals surface area contributed by atoms with Crippen molar-refractivity contribution in [3.63, 3.8) is 0 Å². The summed E-state index contributed by atoms with van der Waals surface area (Å²) < 4.78 is 24.4. The van der Waals surface area contributed by atoms with Gasteiger partial charge >= 0.3 is 0 Å². The fraction of sp³-hybridized carbons (Fsp3) is 1.00. The van der Waals surface area contributed by atoms with Crippen LogP contribution in [0.25, 0.3) is 0 Å². The molecule has 0 fully saturated rings. The summed E-state index contributed by atoms with van der Waals surface area (Å²) in [5, 5.41) is 0. The number of nitrogens with one attached hydrogen (secondary N) is 1. The number of sulfonamides is 1. The van der Waals surface area contributed by atoms with E-state index in [-0.39, 0.29) is 11.2 Å². The molecule has 0 amide bonds. The zero-order valence-corrected chi connectivity index (χ0v) is 8.46. The number of hydrogen-bond donors (Lipinski definition) is 1. The molecule has 0 aromatic carbocycles. The molecule has 0 unspecified atom stereocenters. The van der Waals surface area contributed by atoms with Crippen LogP contribution >= 0.6 is 0 Å². The molecule has 0 aliphatic carbocycles. The molecular weight excluding hydrogens is 162 g/mol. The van der Waals surface area contributed by atoms with E-state index >= 15 is 0 Å². The SMILES string of the molecule is CCS(=O)(=O)NCC(C)(C)C. The third kappa shape index (κ3) is 6.31. The Morgan fingerprint density at radius 2 is 1.73 bits per heavy atom. The van der Waals surface area contributed by atoms with E-state index in [0.29, 0.717) is 6.54 Å². The summed E-state index contributed by atoms with van der Waals surface area (Å²) in [6.45, 7) is 8.11. The molecule has 0 saturated carbocycles. The van der Waals surface area contributed by atoms with Gasteiger partial charge in [0.1, 0.15) is 0 Å². The highest BCUT2D eigenvalue weighted by molar-refractivity contribution is 7.89. The van der Waals surface area contributed by atoms with Crippen molar-refractivity contribution in [1.29, 1.82) is 0 Å². The van der Waals surface area contributed by atoms with Crippen LogP contribution in [0.4, 0.5) is 0 Å². The monoisotopic (exact) mass is 179 g/mol. The van der Waals surface area contributed by atoms with Crippen molar-refractivity contribution < 1.29 is 8.42 Å². The minimum absolute atomic E-state index is 0.0161. The second-order valence-electron chi connectivity index (χ2n) is 3.79. The summed E-state index contributed by atoms with van der Waals surface area (Å²) in [6, 6.07) is 0. The van der Waals surface area contributed by atoms with Crippen molar-refractivity contribution in [3.8, 4) is 0 Å². The molecular formula is C7H17NO2S. The van der Waals surface area contributed by atoms with Crippen LogP contribution < -0.4 is 4.72 Å². The van der Waals surface area contributed by atoms with Crippen molar-refractivity contribution >= 4 is 10.0 Å². The molecule has 68 valence electrons. The van der Waals surface area contributed by atoms with Crippen LogP contribution in [0.2, 0.25) is 0 Å². The fourth-order valence-electron chi connectivity index (χ4n) is 0.429. The van der Waals surface area contributed by atoms with E-state index in [1.807, 2.05) is 20.8 Å². The molecule has 0 rings (SSSR count). The van der Waals surface area contributed by atoms with Crippen LogP contribution in [-0.4, -0.2) is 20.7 Å². The van der Waals surface area contributed by atoms with Gasteiger partial charge in [0.15, 0.2) is 0 Å². The second kappa shape index (κ2) is 3.54. The van der Waals surface area contributed by atoms with Crippen molar-refractivity contribution in [3.05, 3.63) is 0 Å². The first-order chi connectivity index (χ1) is 4.77. The van der Waals surface area contributed by atoms with Crippen LogP contribution in [0, 0.1) is 5.41 Å². The molecule has 1 N–H and O–H groups in total. The quantitative estimate of drug-likeness (QED) is 0.701. The topological polar surface area (TPSA) is 46.2 Å². The van der Waals surface area contributed by atoms with Crippen LogP contribution in [0.15, 0.2) is 0 Å². The molecule has 3 nitrogen and oxygen atoms in total. The lowest BCUT2D eigenvalue weighted by atomic mass is 9.98. The smallest absolute Gasteiger partial charge is 0.211 e. The molecule has 0 aliphatic rings. The second-order valence-corrected chi connectivity index (χ2v) is 5.88. The minimum Gasteiger partial charge on any atom is -0.215 e. The molecule has 0 aromatic rings. The Morgan fingerprint density at radius 1 is 1.27 bits per heavy atom. The molecule has 0 heterocycles. The fourth-order valence-corrected chi connectivity index (χ4v) is 1.29. The van der Waals surface area contributed by atoms with E-state index in [9.17, 15) is 8.42 Å². The zero-order valence-electron chi connectivity index (χ0n) is 7.64. The Hall–Kier alpha value is -0.0900. The largest absolute Gasteiger partial charge is 0.215 e. The Kier molecular flexibility index (Phi) is 3.51. The predicted octanol–water partition coefficient (Wildman–Crippen LogP) is 0.972. The molecule has 0 aliphatic heterocycles. The van der Waals surface area contributed by atoms with Gasteiger partial charge in [-0.05, 0) is 12.3 Å². The Labute approximate surface area is 69.2 Å². The first-order valence-corrected chi connectivity index (χ1v) is 5.39. The van der Waals surface area contributed by atoms with Crippen molar-refractivity contribution in [2.45, 2.75) is 27.7 Å². The molecule has 4 heteroatoms. The average Bonchev–Trinajstić information content (AvgIpc) is 1.83. The van der Waals surface area contributed by atoms with Gasteiger partial charge in [-0.1, -0.05) is 20.8 Å². The maximum atomic E-state index is 10.9. The maximum absolute atomic E-state index is 10.9. The van der Waals surface area contributed by atoms with E-state index in [1.165, 1.54) is 0 Å².